The quantitative estimate of drug-likeness (QED) is 0.798. The lowest BCUT2D eigenvalue weighted by molar-refractivity contribution is -0.0517. The van der Waals surface area contributed by atoms with E-state index in [4.69, 9.17) is 9.47 Å². The van der Waals surface area contributed by atoms with Gasteiger partial charge in [-0.15, -0.1) is 0 Å². The van der Waals surface area contributed by atoms with Crippen LogP contribution in [0.5, 0.6) is 5.75 Å². The highest BCUT2D eigenvalue weighted by molar-refractivity contribution is 5.20. The van der Waals surface area contributed by atoms with Gasteiger partial charge in [-0.25, -0.2) is 4.98 Å². The van der Waals surface area contributed by atoms with Crippen molar-refractivity contribution in [1.82, 2.24) is 19.7 Å². The third-order valence-electron chi connectivity index (χ3n) is 3.73. The van der Waals surface area contributed by atoms with Gasteiger partial charge in [0.2, 0.25) is 0 Å². The second-order valence-electron chi connectivity index (χ2n) is 5.65. The lowest BCUT2D eigenvalue weighted by atomic mass is 10.2. The van der Waals surface area contributed by atoms with Crippen molar-refractivity contribution >= 4 is 0 Å². The second kappa shape index (κ2) is 8.05. The second-order valence-corrected chi connectivity index (χ2v) is 5.65. The summed E-state index contributed by atoms with van der Waals surface area (Å²) in [7, 11) is 0. The molecular formula is C16H22N4O3. The molecule has 3 rings (SSSR count). The number of para-hydroxylation sites is 1. The first kappa shape index (κ1) is 15.9. The van der Waals surface area contributed by atoms with E-state index in [1.54, 1.807) is 11.0 Å². The SMILES string of the molecule is O[C@H](COc1ccccc1)CN1CCO[C@@H](Cn2cncn2)C1. The molecule has 1 aromatic heterocycles. The minimum atomic E-state index is -0.527. The Kier molecular flexibility index (Phi) is 5.57. The normalized spacial score (nSPS) is 20.3. The fraction of sp³-hybridized carbons (Fsp3) is 0.500. The van der Waals surface area contributed by atoms with E-state index in [9.17, 15) is 5.11 Å². The highest BCUT2D eigenvalue weighted by atomic mass is 16.5. The van der Waals surface area contributed by atoms with E-state index in [2.05, 4.69) is 15.0 Å². The Morgan fingerprint density at radius 3 is 3.00 bits per heavy atom. The van der Waals surface area contributed by atoms with Crippen LogP contribution in [0.2, 0.25) is 0 Å². The molecule has 1 aliphatic heterocycles. The van der Waals surface area contributed by atoms with Crippen molar-refractivity contribution in [1.29, 1.82) is 0 Å². The average Bonchev–Trinajstić information content (AvgIpc) is 3.07. The van der Waals surface area contributed by atoms with E-state index in [0.29, 0.717) is 19.7 Å². The molecule has 7 heteroatoms. The molecule has 0 radical (unpaired) electrons. The number of nitrogens with zero attached hydrogens (tertiary/aromatic N) is 4. The fourth-order valence-corrected chi connectivity index (χ4v) is 2.65. The molecular weight excluding hydrogens is 296 g/mol. The lowest BCUT2D eigenvalue weighted by Gasteiger charge is -2.33. The van der Waals surface area contributed by atoms with Gasteiger partial charge in [0.1, 0.15) is 31.1 Å². The van der Waals surface area contributed by atoms with Crippen LogP contribution >= 0.6 is 0 Å². The summed E-state index contributed by atoms with van der Waals surface area (Å²) in [5.41, 5.74) is 0. The van der Waals surface area contributed by atoms with Crippen LogP contribution in [0.4, 0.5) is 0 Å². The predicted molar refractivity (Wildman–Crippen MR) is 84.1 cm³/mol. The largest absolute Gasteiger partial charge is 0.491 e. The Morgan fingerprint density at radius 2 is 2.22 bits per heavy atom. The third-order valence-corrected chi connectivity index (χ3v) is 3.73. The molecule has 124 valence electrons. The summed E-state index contributed by atoms with van der Waals surface area (Å²) in [6, 6.07) is 9.54. The molecule has 2 aromatic rings. The molecule has 1 aromatic carbocycles. The molecule has 1 N–H and O–H groups in total. The van der Waals surface area contributed by atoms with E-state index >= 15 is 0 Å². The Hall–Kier alpha value is -1.96. The van der Waals surface area contributed by atoms with Gasteiger partial charge >= 0.3 is 0 Å². The van der Waals surface area contributed by atoms with Crippen molar-refractivity contribution < 1.29 is 14.6 Å². The van der Waals surface area contributed by atoms with Crippen molar-refractivity contribution in [3.63, 3.8) is 0 Å². The Bertz CT molecular complexity index is 564. The molecule has 1 aliphatic rings. The number of ether oxygens (including phenoxy) is 2. The van der Waals surface area contributed by atoms with Crippen LogP contribution in [0.3, 0.4) is 0 Å². The van der Waals surface area contributed by atoms with Gasteiger partial charge < -0.3 is 14.6 Å². The minimum absolute atomic E-state index is 0.0627. The maximum absolute atomic E-state index is 10.2. The molecule has 0 unspecified atom stereocenters. The minimum Gasteiger partial charge on any atom is -0.491 e. The van der Waals surface area contributed by atoms with E-state index in [-0.39, 0.29) is 12.7 Å². The summed E-state index contributed by atoms with van der Waals surface area (Å²) in [6.07, 6.45) is 2.74. The Labute approximate surface area is 135 Å². The maximum atomic E-state index is 10.2. The van der Waals surface area contributed by atoms with Crippen LogP contribution in [0, 0.1) is 0 Å². The van der Waals surface area contributed by atoms with Gasteiger partial charge in [0, 0.05) is 19.6 Å². The zero-order chi connectivity index (χ0) is 15.9. The maximum Gasteiger partial charge on any atom is 0.137 e. The highest BCUT2D eigenvalue weighted by Gasteiger charge is 2.23. The molecule has 0 saturated carbocycles. The summed E-state index contributed by atoms with van der Waals surface area (Å²) >= 11 is 0. The van der Waals surface area contributed by atoms with Crippen LogP contribution in [-0.2, 0) is 11.3 Å². The number of aliphatic hydroxyl groups is 1. The molecule has 7 nitrogen and oxygen atoms in total. The number of hydrogen-bond acceptors (Lipinski definition) is 6. The van der Waals surface area contributed by atoms with Gasteiger partial charge in [-0.1, -0.05) is 18.2 Å². The number of benzene rings is 1. The van der Waals surface area contributed by atoms with Crippen molar-refractivity contribution in [2.24, 2.45) is 0 Å². The van der Waals surface area contributed by atoms with Gasteiger partial charge in [0.15, 0.2) is 0 Å². The Balaban J connectivity index is 1.41. The summed E-state index contributed by atoms with van der Waals surface area (Å²) < 4.78 is 13.1. The van der Waals surface area contributed by atoms with E-state index in [1.807, 2.05) is 30.3 Å². The van der Waals surface area contributed by atoms with Crippen LogP contribution in [0.25, 0.3) is 0 Å². The standard InChI is InChI=1S/C16H22N4O3/c21-14(11-23-15-4-2-1-3-5-15)8-19-6-7-22-16(9-19)10-20-13-17-12-18-20/h1-5,12-14,16,21H,6-11H2/t14-,16+/m0/s1. The average molecular weight is 318 g/mol. The van der Waals surface area contributed by atoms with Gasteiger partial charge in [-0.2, -0.15) is 5.10 Å². The van der Waals surface area contributed by atoms with Crippen molar-refractivity contribution in [3.8, 4) is 5.75 Å². The zero-order valence-electron chi connectivity index (χ0n) is 13.0. The number of β-amino-alcohol motifs (C(OH)–C–C–N with tert-alkyl or cyclic N) is 1. The molecule has 0 spiro atoms. The highest BCUT2D eigenvalue weighted by Crippen LogP contribution is 2.10. The number of aromatic nitrogens is 3. The summed E-state index contributed by atoms with van der Waals surface area (Å²) in [4.78, 5) is 6.13. The first-order chi connectivity index (χ1) is 11.3. The van der Waals surface area contributed by atoms with E-state index < -0.39 is 6.10 Å². The molecule has 1 fully saturated rings. The monoisotopic (exact) mass is 318 g/mol. The Morgan fingerprint density at radius 1 is 1.35 bits per heavy atom. The zero-order valence-corrected chi connectivity index (χ0v) is 13.0. The number of hydrogen-bond donors (Lipinski definition) is 1. The lowest BCUT2D eigenvalue weighted by Crippen LogP contribution is -2.47. The summed E-state index contributed by atoms with van der Waals surface area (Å²) in [5.74, 6) is 0.776. The molecule has 2 atom stereocenters. The topological polar surface area (TPSA) is 72.6 Å². The number of rotatable bonds is 7. The fourth-order valence-electron chi connectivity index (χ4n) is 2.65. The predicted octanol–water partition coefficient (Wildman–Crippen LogP) is 0.419. The summed E-state index contributed by atoms with van der Waals surface area (Å²) in [5, 5.41) is 14.3. The van der Waals surface area contributed by atoms with Gasteiger partial charge in [-0.3, -0.25) is 9.58 Å². The van der Waals surface area contributed by atoms with Crippen LogP contribution in [-0.4, -0.2) is 69.8 Å². The first-order valence-corrected chi connectivity index (χ1v) is 7.82. The van der Waals surface area contributed by atoms with Crippen LogP contribution < -0.4 is 4.74 Å². The summed E-state index contributed by atoms with van der Waals surface area (Å²) in [6.45, 7) is 3.77. The number of morpholine rings is 1. The van der Waals surface area contributed by atoms with Gasteiger partial charge in [0.25, 0.3) is 0 Å². The smallest absolute Gasteiger partial charge is 0.137 e. The molecule has 1 saturated heterocycles. The van der Waals surface area contributed by atoms with Gasteiger partial charge in [-0.05, 0) is 12.1 Å². The molecule has 2 heterocycles. The van der Waals surface area contributed by atoms with E-state index in [1.165, 1.54) is 6.33 Å². The molecule has 0 amide bonds. The van der Waals surface area contributed by atoms with Crippen LogP contribution in [0.1, 0.15) is 0 Å². The first-order valence-electron chi connectivity index (χ1n) is 7.82. The number of aliphatic hydroxyl groups excluding tert-OH is 1. The van der Waals surface area contributed by atoms with Gasteiger partial charge in [0.05, 0.1) is 19.3 Å². The van der Waals surface area contributed by atoms with Crippen molar-refractivity contribution in [2.75, 3.05) is 32.8 Å². The third kappa shape index (κ3) is 5.02. The molecule has 23 heavy (non-hydrogen) atoms. The molecule has 0 bridgehead atoms. The molecule has 0 aliphatic carbocycles. The van der Waals surface area contributed by atoms with Crippen LogP contribution in [0.15, 0.2) is 43.0 Å². The van der Waals surface area contributed by atoms with Crippen molar-refractivity contribution in [2.45, 2.75) is 18.8 Å². The van der Waals surface area contributed by atoms with Crippen molar-refractivity contribution in [3.05, 3.63) is 43.0 Å². The van der Waals surface area contributed by atoms with E-state index in [0.717, 1.165) is 18.8 Å².